The maximum Gasteiger partial charge on any atom is 0.335 e. The normalized spacial score (nSPS) is 9.50. The Labute approximate surface area is 77.7 Å². The van der Waals surface area contributed by atoms with E-state index < -0.39 is 16.6 Å². The minimum absolute atomic E-state index is 0.153. The van der Waals surface area contributed by atoms with Crippen LogP contribution >= 0.6 is 0 Å². The lowest BCUT2D eigenvalue weighted by Gasteiger charge is -2.01. The fourth-order valence-electron chi connectivity index (χ4n) is 0.910. The van der Waals surface area contributed by atoms with E-state index in [4.69, 9.17) is 10.3 Å². The Kier molecular flexibility index (Phi) is 2.63. The number of carboxylic acid groups (broad SMARTS) is 1. The van der Waals surface area contributed by atoms with Gasteiger partial charge in [0.25, 0.3) is 5.69 Å². The molecule has 0 aliphatic rings. The minimum Gasteiger partial charge on any atom is -0.478 e. The van der Waals surface area contributed by atoms with Crippen LogP contribution in [0.2, 0.25) is 0 Å². The molecule has 0 bridgehead atoms. The first-order valence-electron chi connectivity index (χ1n) is 3.48. The Hall–Kier alpha value is -2.15. The first-order chi connectivity index (χ1) is 6.56. The Balaban J connectivity index is 3.27. The fourth-order valence-corrected chi connectivity index (χ4v) is 0.910. The van der Waals surface area contributed by atoms with Gasteiger partial charge in [-0.05, 0) is 12.1 Å². The van der Waals surface area contributed by atoms with Crippen molar-refractivity contribution in [2.45, 2.75) is 0 Å². The maximum absolute atomic E-state index is 10.5. The lowest BCUT2D eigenvalue weighted by Crippen LogP contribution is -2.01. The number of nitro benzene ring substituents is 1. The summed E-state index contributed by atoms with van der Waals surface area (Å²) in [5.74, 6) is -1.27. The van der Waals surface area contributed by atoms with Crippen molar-refractivity contribution in [3.8, 4) is 0 Å². The predicted molar refractivity (Wildman–Crippen MR) is 45.5 cm³/mol. The second-order valence-electron chi connectivity index (χ2n) is 2.41. The second-order valence-corrected chi connectivity index (χ2v) is 2.41. The lowest BCUT2D eigenvalue weighted by atomic mass is 10.2. The molecule has 0 unspecified atom stereocenters. The average molecular weight is 198 g/mol. The van der Waals surface area contributed by atoms with Crippen molar-refractivity contribution >= 4 is 17.3 Å². The summed E-state index contributed by atoms with van der Waals surface area (Å²) in [7, 11) is 0. The molecule has 3 N–H and O–H groups in total. The third-order valence-corrected chi connectivity index (χ3v) is 1.56. The van der Waals surface area contributed by atoms with E-state index in [0.29, 0.717) is 0 Å². The molecule has 0 radical (unpaired) electrons. The molecule has 0 amide bonds. The van der Waals surface area contributed by atoms with Gasteiger partial charge in [-0.2, -0.15) is 0 Å². The molecule has 0 spiro atoms. The number of hydrogen-bond acceptors (Lipinski definition) is 5. The van der Waals surface area contributed by atoms with Crippen molar-refractivity contribution in [1.29, 1.82) is 0 Å². The smallest absolute Gasteiger partial charge is 0.335 e. The molecule has 74 valence electrons. The first-order valence-corrected chi connectivity index (χ1v) is 3.48. The monoisotopic (exact) mass is 198 g/mol. The number of carboxylic acids is 1. The molecule has 1 aromatic carbocycles. The number of aromatic carboxylic acids is 1. The highest BCUT2D eigenvalue weighted by molar-refractivity contribution is 5.89. The lowest BCUT2D eigenvalue weighted by molar-refractivity contribution is -0.384. The van der Waals surface area contributed by atoms with Crippen LogP contribution < -0.4 is 5.48 Å². The molecule has 0 fully saturated rings. The summed E-state index contributed by atoms with van der Waals surface area (Å²) in [6, 6.07) is 3.12. The third-order valence-electron chi connectivity index (χ3n) is 1.56. The fraction of sp³-hybridized carbons (Fsp3) is 0. The molecular weight excluding hydrogens is 192 g/mol. The quantitative estimate of drug-likeness (QED) is 0.495. The molecule has 0 aliphatic heterocycles. The highest BCUT2D eigenvalue weighted by atomic mass is 16.6. The van der Waals surface area contributed by atoms with Gasteiger partial charge in [0.1, 0.15) is 5.69 Å². The zero-order chi connectivity index (χ0) is 10.7. The van der Waals surface area contributed by atoms with E-state index in [2.05, 4.69) is 0 Å². The van der Waals surface area contributed by atoms with Crippen molar-refractivity contribution in [3.63, 3.8) is 0 Å². The maximum atomic E-state index is 10.5. The summed E-state index contributed by atoms with van der Waals surface area (Å²) < 4.78 is 0. The minimum atomic E-state index is -1.27. The van der Waals surface area contributed by atoms with Crippen LogP contribution in [0.4, 0.5) is 11.4 Å². The number of carbonyl (C=O) groups is 1. The highest BCUT2D eigenvalue weighted by Crippen LogP contribution is 2.24. The van der Waals surface area contributed by atoms with Gasteiger partial charge in [0.15, 0.2) is 0 Å². The van der Waals surface area contributed by atoms with Crippen LogP contribution in [-0.4, -0.2) is 21.2 Å². The van der Waals surface area contributed by atoms with E-state index >= 15 is 0 Å². The summed E-state index contributed by atoms with van der Waals surface area (Å²) in [5.41, 5.74) is 0.750. The summed E-state index contributed by atoms with van der Waals surface area (Å²) in [6.45, 7) is 0. The van der Waals surface area contributed by atoms with Gasteiger partial charge in [-0.1, -0.05) is 0 Å². The van der Waals surface area contributed by atoms with Gasteiger partial charge in [-0.3, -0.25) is 20.8 Å². The Morgan fingerprint density at radius 3 is 2.57 bits per heavy atom. The molecule has 0 aromatic heterocycles. The van der Waals surface area contributed by atoms with Crippen LogP contribution in [0.5, 0.6) is 0 Å². The van der Waals surface area contributed by atoms with Gasteiger partial charge in [-0.15, -0.1) is 0 Å². The molecule has 0 saturated carbocycles. The number of anilines is 1. The number of nitrogens with one attached hydrogen (secondary N) is 1. The summed E-state index contributed by atoms with van der Waals surface area (Å²) in [5, 5.41) is 27.5. The molecule has 7 nitrogen and oxygen atoms in total. The summed E-state index contributed by atoms with van der Waals surface area (Å²) >= 11 is 0. The van der Waals surface area contributed by atoms with E-state index in [1.54, 1.807) is 5.48 Å². The van der Waals surface area contributed by atoms with Gasteiger partial charge < -0.3 is 5.11 Å². The molecular formula is C7H6N2O5. The van der Waals surface area contributed by atoms with Crippen molar-refractivity contribution in [2.24, 2.45) is 0 Å². The summed E-state index contributed by atoms with van der Waals surface area (Å²) in [6.07, 6.45) is 0. The number of rotatable bonds is 3. The third kappa shape index (κ3) is 1.77. The van der Waals surface area contributed by atoms with Crippen molar-refractivity contribution < 1.29 is 20.0 Å². The van der Waals surface area contributed by atoms with Gasteiger partial charge in [0, 0.05) is 6.07 Å². The molecule has 7 heteroatoms. The molecule has 1 rings (SSSR count). The van der Waals surface area contributed by atoms with Gasteiger partial charge in [0.05, 0.1) is 10.5 Å². The standard InChI is InChI=1S/C7H6N2O5/c10-7(11)4-1-2-5(8-12)6(3-4)9(13)14/h1-3,8,12H,(H,10,11). The van der Waals surface area contributed by atoms with E-state index in [-0.39, 0.29) is 11.3 Å². The van der Waals surface area contributed by atoms with Crippen LogP contribution in [-0.2, 0) is 0 Å². The van der Waals surface area contributed by atoms with Crippen molar-refractivity contribution in [2.75, 3.05) is 5.48 Å². The second kappa shape index (κ2) is 3.71. The number of hydrogen-bond donors (Lipinski definition) is 3. The van der Waals surface area contributed by atoms with Crippen LogP contribution in [0, 0.1) is 10.1 Å². The number of nitro groups is 1. The number of benzene rings is 1. The van der Waals surface area contributed by atoms with Crippen molar-refractivity contribution in [1.82, 2.24) is 0 Å². The molecule has 0 aliphatic carbocycles. The van der Waals surface area contributed by atoms with Gasteiger partial charge in [0.2, 0.25) is 0 Å². The first kappa shape index (κ1) is 9.93. The summed E-state index contributed by atoms with van der Waals surface area (Å²) in [4.78, 5) is 20.1. The van der Waals surface area contributed by atoms with Crippen LogP contribution in [0.15, 0.2) is 18.2 Å². The Morgan fingerprint density at radius 2 is 2.14 bits per heavy atom. The SMILES string of the molecule is O=C(O)c1ccc(NO)c([N+](=O)[O-])c1. The molecule has 0 heterocycles. The molecule has 0 atom stereocenters. The molecule has 1 aromatic rings. The van der Waals surface area contributed by atoms with Crippen LogP contribution in [0.25, 0.3) is 0 Å². The van der Waals surface area contributed by atoms with E-state index in [9.17, 15) is 14.9 Å². The van der Waals surface area contributed by atoms with Crippen LogP contribution in [0.1, 0.15) is 10.4 Å². The Bertz CT molecular complexity index is 390. The van der Waals surface area contributed by atoms with Gasteiger partial charge in [-0.25, -0.2) is 4.79 Å². The van der Waals surface area contributed by atoms with Crippen molar-refractivity contribution in [3.05, 3.63) is 33.9 Å². The topological polar surface area (TPSA) is 113 Å². The van der Waals surface area contributed by atoms with E-state index in [1.165, 1.54) is 0 Å². The zero-order valence-electron chi connectivity index (χ0n) is 6.80. The predicted octanol–water partition coefficient (Wildman–Crippen LogP) is 1.09. The van der Waals surface area contributed by atoms with E-state index in [1.807, 2.05) is 0 Å². The highest BCUT2D eigenvalue weighted by Gasteiger charge is 2.16. The average Bonchev–Trinajstić information content (AvgIpc) is 2.16. The molecule has 14 heavy (non-hydrogen) atoms. The van der Waals surface area contributed by atoms with E-state index in [0.717, 1.165) is 18.2 Å². The van der Waals surface area contributed by atoms with Gasteiger partial charge >= 0.3 is 5.97 Å². The number of nitrogens with zero attached hydrogens (tertiary/aromatic N) is 1. The zero-order valence-corrected chi connectivity index (χ0v) is 6.80. The molecule has 0 saturated heterocycles. The van der Waals surface area contributed by atoms with Crippen LogP contribution in [0.3, 0.4) is 0 Å². The Morgan fingerprint density at radius 1 is 1.50 bits per heavy atom. The largest absolute Gasteiger partial charge is 0.478 e.